The van der Waals surface area contributed by atoms with Gasteiger partial charge in [0, 0.05) is 6.08 Å². The third-order valence-electron chi connectivity index (χ3n) is 2.01. The molecule has 0 aliphatic carbocycles. The van der Waals surface area contributed by atoms with Crippen molar-refractivity contribution in [2.45, 2.75) is 44.9 Å². The molecule has 0 saturated heterocycles. The Balaban J connectivity index is 5.56. The maximum absolute atomic E-state index is 13.4. The van der Waals surface area contributed by atoms with Gasteiger partial charge in [-0.25, -0.2) is 9.18 Å². The Bertz CT molecular complexity index is 351. The number of hydrogen-bond donors (Lipinski definition) is 0. The van der Waals surface area contributed by atoms with Crippen LogP contribution in [0, 0.1) is 0 Å². The Morgan fingerprint density at radius 1 is 1.00 bits per heavy atom. The summed E-state index contributed by atoms with van der Waals surface area (Å²) < 4.78 is 91.3. The van der Waals surface area contributed by atoms with Gasteiger partial charge in [0.05, 0.1) is 6.10 Å². The minimum atomic E-state index is -6.23. The van der Waals surface area contributed by atoms with Crippen molar-refractivity contribution in [2.75, 3.05) is 0 Å². The SMILES string of the molecule is C/C(=C\C(=O)OC(C)C)C(F)(C(F)(F)F)C(F)(F)F. The lowest BCUT2D eigenvalue weighted by Crippen LogP contribution is -2.54. The van der Waals surface area contributed by atoms with Crippen LogP contribution >= 0.6 is 0 Å². The van der Waals surface area contributed by atoms with Crippen LogP contribution in [0.15, 0.2) is 11.6 Å². The second kappa shape index (κ2) is 5.38. The quantitative estimate of drug-likeness (QED) is 0.451. The highest BCUT2D eigenvalue weighted by Gasteiger charge is 2.73. The van der Waals surface area contributed by atoms with Crippen molar-refractivity contribution in [1.29, 1.82) is 0 Å². The standard InChI is InChI=1S/C10H11F7O2/c1-5(2)19-7(18)4-6(3)8(11,9(12,13)14)10(15,16)17/h4-5H,1-3H3/b6-4+. The molecule has 0 N–H and O–H groups in total. The van der Waals surface area contributed by atoms with Crippen LogP contribution in [0.4, 0.5) is 30.7 Å². The van der Waals surface area contributed by atoms with Crippen molar-refractivity contribution >= 4 is 5.97 Å². The van der Waals surface area contributed by atoms with Gasteiger partial charge < -0.3 is 4.74 Å². The molecule has 0 amide bonds. The number of ether oxygens (including phenoxy) is 1. The smallest absolute Gasteiger partial charge is 0.435 e. The molecular weight excluding hydrogens is 285 g/mol. The van der Waals surface area contributed by atoms with E-state index >= 15 is 0 Å². The Hall–Kier alpha value is -1.28. The molecule has 0 unspecified atom stereocenters. The number of carbonyl (C=O) groups excluding carboxylic acids is 1. The number of hydrogen-bond acceptors (Lipinski definition) is 2. The van der Waals surface area contributed by atoms with Gasteiger partial charge in [0.15, 0.2) is 0 Å². The fraction of sp³-hybridized carbons (Fsp3) is 0.700. The van der Waals surface area contributed by atoms with Crippen LogP contribution in [0.25, 0.3) is 0 Å². The average Bonchev–Trinajstić information content (AvgIpc) is 2.10. The molecule has 0 aromatic carbocycles. The second-order valence-electron chi connectivity index (χ2n) is 3.97. The summed E-state index contributed by atoms with van der Waals surface area (Å²) in [6.07, 6.45) is -13.4. The van der Waals surface area contributed by atoms with Gasteiger partial charge in [-0.2, -0.15) is 26.3 Å². The predicted molar refractivity (Wildman–Crippen MR) is 50.9 cm³/mol. The Morgan fingerprint density at radius 3 is 1.63 bits per heavy atom. The monoisotopic (exact) mass is 296 g/mol. The lowest BCUT2D eigenvalue weighted by molar-refractivity contribution is -0.326. The van der Waals surface area contributed by atoms with E-state index in [2.05, 4.69) is 4.74 Å². The largest absolute Gasteiger partial charge is 0.460 e. The number of carbonyl (C=O) groups is 1. The van der Waals surface area contributed by atoms with E-state index in [1.54, 1.807) is 0 Å². The molecule has 0 radical (unpaired) electrons. The van der Waals surface area contributed by atoms with Gasteiger partial charge in [-0.3, -0.25) is 0 Å². The lowest BCUT2D eigenvalue weighted by Gasteiger charge is -2.30. The maximum atomic E-state index is 13.4. The molecule has 0 aliphatic rings. The van der Waals surface area contributed by atoms with Gasteiger partial charge in [0.2, 0.25) is 0 Å². The highest BCUT2D eigenvalue weighted by Crippen LogP contribution is 2.50. The molecule has 9 heteroatoms. The fourth-order valence-corrected chi connectivity index (χ4v) is 1.15. The van der Waals surface area contributed by atoms with E-state index in [0.717, 1.165) is 0 Å². The normalized spacial score (nSPS) is 14.8. The predicted octanol–water partition coefficient (Wildman–Crippen LogP) is 3.72. The van der Waals surface area contributed by atoms with E-state index in [1.807, 2.05) is 0 Å². The molecule has 0 saturated carbocycles. The number of alkyl halides is 7. The van der Waals surface area contributed by atoms with E-state index in [0.29, 0.717) is 0 Å². The first-order chi connectivity index (χ1) is 8.23. The first kappa shape index (κ1) is 17.7. The third kappa shape index (κ3) is 3.84. The van der Waals surface area contributed by atoms with Crippen molar-refractivity contribution in [3.8, 4) is 0 Å². The number of halogens is 7. The number of esters is 1. The van der Waals surface area contributed by atoms with Crippen molar-refractivity contribution in [3.05, 3.63) is 11.6 Å². The molecule has 0 aromatic rings. The van der Waals surface area contributed by atoms with Crippen LogP contribution in [0.2, 0.25) is 0 Å². The maximum Gasteiger partial charge on any atom is 0.435 e. The topological polar surface area (TPSA) is 26.3 Å². The summed E-state index contributed by atoms with van der Waals surface area (Å²) in [5, 5.41) is 0. The summed E-state index contributed by atoms with van der Waals surface area (Å²) in [5.41, 5.74) is -7.42. The third-order valence-corrected chi connectivity index (χ3v) is 2.01. The van der Waals surface area contributed by atoms with Crippen LogP contribution in [-0.4, -0.2) is 30.1 Å². The van der Waals surface area contributed by atoms with E-state index in [9.17, 15) is 35.5 Å². The van der Waals surface area contributed by atoms with Crippen LogP contribution in [-0.2, 0) is 9.53 Å². The fourth-order valence-electron chi connectivity index (χ4n) is 1.15. The first-order valence-electron chi connectivity index (χ1n) is 4.95. The van der Waals surface area contributed by atoms with Gasteiger partial charge >= 0.3 is 24.0 Å². The van der Waals surface area contributed by atoms with Gasteiger partial charge in [0.1, 0.15) is 0 Å². The molecule has 0 heterocycles. The summed E-state index contributed by atoms with van der Waals surface area (Å²) >= 11 is 0. The zero-order valence-electron chi connectivity index (χ0n) is 10.1. The number of rotatable bonds is 3. The van der Waals surface area contributed by atoms with Crippen molar-refractivity contribution in [1.82, 2.24) is 0 Å². The van der Waals surface area contributed by atoms with E-state index in [4.69, 9.17) is 0 Å². The Labute approximate surface area is 104 Å². The zero-order chi connectivity index (χ0) is 15.6. The summed E-state index contributed by atoms with van der Waals surface area (Å²) in [4.78, 5) is 11.0. The van der Waals surface area contributed by atoms with Crippen molar-refractivity contribution in [2.24, 2.45) is 0 Å². The Kier molecular flexibility index (Phi) is 5.01. The molecule has 0 atom stereocenters. The summed E-state index contributed by atoms with van der Waals surface area (Å²) in [6, 6.07) is 0. The van der Waals surface area contributed by atoms with Crippen LogP contribution in [0.5, 0.6) is 0 Å². The highest BCUT2D eigenvalue weighted by atomic mass is 19.4. The molecule has 0 spiro atoms. The van der Waals surface area contributed by atoms with Gasteiger partial charge in [-0.05, 0) is 26.3 Å². The molecule has 2 nitrogen and oxygen atoms in total. The van der Waals surface area contributed by atoms with E-state index in [1.165, 1.54) is 13.8 Å². The zero-order valence-corrected chi connectivity index (χ0v) is 10.1. The minimum Gasteiger partial charge on any atom is -0.460 e. The minimum absolute atomic E-state index is 0.152. The molecule has 0 aliphatic heterocycles. The second-order valence-corrected chi connectivity index (χ2v) is 3.97. The molecule has 0 rings (SSSR count). The molecule has 19 heavy (non-hydrogen) atoms. The summed E-state index contributed by atoms with van der Waals surface area (Å²) in [6.45, 7) is 2.89. The van der Waals surface area contributed by atoms with Crippen LogP contribution < -0.4 is 0 Å². The number of allylic oxidation sites excluding steroid dienone is 1. The average molecular weight is 296 g/mol. The van der Waals surface area contributed by atoms with E-state index in [-0.39, 0.29) is 13.0 Å². The molecule has 0 fully saturated rings. The first-order valence-corrected chi connectivity index (χ1v) is 4.95. The summed E-state index contributed by atoms with van der Waals surface area (Å²) in [7, 11) is 0. The van der Waals surface area contributed by atoms with Crippen molar-refractivity contribution < 1.29 is 40.3 Å². The van der Waals surface area contributed by atoms with Crippen LogP contribution in [0.1, 0.15) is 20.8 Å². The van der Waals surface area contributed by atoms with E-state index < -0.39 is 35.7 Å². The van der Waals surface area contributed by atoms with Gasteiger partial charge in [0.25, 0.3) is 0 Å². The van der Waals surface area contributed by atoms with Crippen molar-refractivity contribution in [3.63, 3.8) is 0 Å². The van der Waals surface area contributed by atoms with Gasteiger partial charge in [-0.1, -0.05) is 0 Å². The molecule has 112 valence electrons. The highest BCUT2D eigenvalue weighted by molar-refractivity contribution is 5.83. The summed E-state index contributed by atoms with van der Waals surface area (Å²) in [5.74, 6) is -1.48. The van der Waals surface area contributed by atoms with Crippen LogP contribution in [0.3, 0.4) is 0 Å². The molecular formula is C10H11F7O2. The molecule has 0 aromatic heterocycles. The lowest BCUT2D eigenvalue weighted by atomic mass is 9.95. The van der Waals surface area contributed by atoms with Gasteiger partial charge in [-0.15, -0.1) is 0 Å². The molecule has 0 bridgehead atoms. The Morgan fingerprint density at radius 2 is 1.37 bits per heavy atom.